The van der Waals surface area contributed by atoms with E-state index in [2.05, 4.69) is 21.2 Å². The molecular weight excluding hydrogens is 462 g/mol. The van der Waals surface area contributed by atoms with Gasteiger partial charge in [-0.25, -0.2) is 0 Å². The number of amides is 4. The van der Waals surface area contributed by atoms with Gasteiger partial charge in [0.2, 0.25) is 11.8 Å². The summed E-state index contributed by atoms with van der Waals surface area (Å²) in [7, 11) is 1.56. The van der Waals surface area contributed by atoms with Gasteiger partial charge in [-0.1, -0.05) is 34.1 Å². The number of carbonyl (C=O) groups excluding carboxylic acids is 4. The number of aryl methyl sites for hydroxylation is 2. The van der Waals surface area contributed by atoms with Crippen molar-refractivity contribution in [3.05, 3.63) is 63.1 Å². The third-order valence-corrected chi connectivity index (χ3v) is 5.75. The van der Waals surface area contributed by atoms with Gasteiger partial charge in [0, 0.05) is 30.2 Å². The number of likely N-dealkylation sites (N-methyl/N-ethyl adjacent to an activating group) is 1. The Morgan fingerprint density at radius 3 is 2.35 bits per heavy atom. The highest BCUT2D eigenvalue weighted by atomic mass is 79.9. The molecule has 3 rings (SSSR count). The van der Waals surface area contributed by atoms with Crippen LogP contribution in [0.4, 0.5) is 5.69 Å². The van der Waals surface area contributed by atoms with Crippen LogP contribution in [0.2, 0.25) is 0 Å². The Bertz CT molecular complexity index is 1050. The molecule has 0 aliphatic carbocycles. The third-order valence-electron chi connectivity index (χ3n) is 5.26. The fourth-order valence-corrected chi connectivity index (χ4v) is 3.90. The Kier molecular flexibility index (Phi) is 6.90. The van der Waals surface area contributed by atoms with E-state index in [1.165, 1.54) is 4.90 Å². The molecule has 31 heavy (non-hydrogen) atoms. The number of imide groups is 1. The second kappa shape index (κ2) is 9.43. The standard InChI is InChI=1S/C23H24BrN3O4/c1-14-6-4-7-15(2)21(14)25-19(28)13-26(3)20(29)8-5-11-27-22(30)17-10-9-16(24)12-18(17)23(27)31/h4,6-7,9-10,12H,5,8,11,13H2,1-3H3,(H,25,28). The maximum absolute atomic E-state index is 12.5. The van der Waals surface area contributed by atoms with E-state index in [1.54, 1.807) is 25.2 Å². The second-order valence-electron chi connectivity index (χ2n) is 7.62. The fraction of sp³-hybridized carbons (Fsp3) is 0.304. The minimum Gasteiger partial charge on any atom is -0.336 e. The lowest BCUT2D eigenvalue weighted by atomic mass is 10.1. The highest BCUT2D eigenvalue weighted by Gasteiger charge is 2.35. The number of halogens is 1. The third kappa shape index (κ3) is 5.02. The Balaban J connectivity index is 1.49. The Labute approximate surface area is 189 Å². The summed E-state index contributed by atoms with van der Waals surface area (Å²) in [5, 5.41) is 2.86. The smallest absolute Gasteiger partial charge is 0.261 e. The van der Waals surface area contributed by atoms with Gasteiger partial charge in [-0.05, 0) is 49.6 Å². The molecule has 2 aromatic carbocycles. The second-order valence-corrected chi connectivity index (χ2v) is 8.54. The molecule has 0 unspecified atom stereocenters. The van der Waals surface area contributed by atoms with E-state index < -0.39 is 0 Å². The number of fused-ring (bicyclic) bond motifs is 1. The first kappa shape index (κ1) is 22.7. The van der Waals surface area contributed by atoms with Crippen LogP contribution in [0, 0.1) is 13.8 Å². The lowest BCUT2D eigenvalue weighted by molar-refractivity contribution is -0.133. The number of hydrogen-bond donors (Lipinski definition) is 1. The van der Waals surface area contributed by atoms with Crippen molar-refractivity contribution >= 4 is 45.2 Å². The topological polar surface area (TPSA) is 86.8 Å². The van der Waals surface area contributed by atoms with Crippen molar-refractivity contribution in [2.75, 3.05) is 25.5 Å². The monoisotopic (exact) mass is 485 g/mol. The predicted molar refractivity (Wildman–Crippen MR) is 121 cm³/mol. The van der Waals surface area contributed by atoms with E-state index in [4.69, 9.17) is 0 Å². The van der Waals surface area contributed by atoms with Crippen LogP contribution in [0.25, 0.3) is 0 Å². The van der Waals surface area contributed by atoms with Crippen LogP contribution in [-0.4, -0.2) is 53.6 Å². The van der Waals surface area contributed by atoms with Crippen molar-refractivity contribution in [2.45, 2.75) is 26.7 Å². The van der Waals surface area contributed by atoms with E-state index in [0.717, 1.165) is 26.2 Å². The van der Waals surface area contributed by atoms with Crippen LogP contribution in [0.5, 0.6) is 0 Å². The molecule has 1 aliphatic heterocycles. The van der Waals surface area contributed by atoms with Gasteiger partial charge >= 0.3 is 0 Å². The van der Waals surface area contributed by atoms with Crippen LogP contribution >= 0.6 is 15.9 Å². The minimum absolute atomic E-state index is 0.0757. The Hall–Kier alpha value is -3.00. The zero-order valence-electron chi connectivity index (χ0n) is 17.7. The number of para-hydroxylation sites is 1. The number of benzene rings is 2. The molecule has 7 nitrogen and oxygen atoms in total. The molecular formula is C23H24BrN3O4. The number of rotatable bonds is 7. The van der Waals surface area contributed by atoms with Crippen molar-refractivity contribution < 1.29 is 19.2 Å². The van der Waals surface area contributed by atoms with Crippen LogP contribution in [0.3, 0.4) is 0 Å². The number of nitrogens with one attached hydrogen (secondary N) is 1. The average molecular weight is 486 g/mol. The van der Waals surface area contributed by atoms with Gasteiger partial charge in [-0.15, -0.1) is 0 Å². The maximum atomic E-state index is 12.5. The molecule has 0 saturated carbocycles. The summed E-state index contributed by atoms with van der Waals surface area (Å²) < 4.78 is 0.727. The Morgan fingerprint density at radius 2 is 1.68 bits per heavy atom. The number of carbonyl (C=O) groups is 4. The van der Waals surface area contributed by atoms with Crippen LogP contribution < -0.4 is 5.32 Å². The quantitative estimate of drug-likeness (QED) is 0.607. The molecule has 1 N–H and O–H groups in total. The molecule has 162 valence electrons. The van der Waals surface area contributed by atoms with Gasteiger partial charge in [0.05, 0.1) is 17.7 Å². The number of anilines is 1. The predicted octanol–water partition coefficient (Wildman–Crippen LogP) is 3.54. The SMILES string of the molecule is Cc1cccc(C)c1NC(=O)CN(C)C(=O)CCCN1C(=O)c2ccc(Br)cc2C1=O. The zero-order valence-corrected chi connectivity index (χ0v) is 19.3. The first-order valence-electron chi connectivity index (χ1n) is 9.95. The van der Waals surface area contributed by atoms with Crippen molar-refractivity contribution in [1.29, 1.82) is 0 Å². The molecule has 0 atom stereocenters. The summed E-state index contributed by atoms with van der Waals surface area (Å²) in [6.07, 6.45) is 0.457. The summed E-state index contributed by atoms with van der Waals surface area (Å²) in [6, 6.07) is 10.7. The summed E-state index contributed by atoms with van der Waals surface area (Å²) >= 11 is 3.30. The molecule has 1 aliphatic rings. The normalized spacial score (nSPS) is 12.7. The molecule has 0 bridgehead atoms. The Morgan fingerprint density at radius 1 is 1.03 bits per heavy atom. The summed E-state index contributed by atoms with van der Waals surface area (Å²) in [4.78, 5) is 52.2. The summed E-state index contributed by atoms with van der Waals surface area (Å²) in [5.74, 6) is -1.20. The van der Waals surface area contributed by atoms with E-state index in [9.17, 15) is 19.2 Å². The van der Waals surface area contributed by atoms with Gasteiger partial charge in [0.25, 0.3) is 11.8 Å². The molecule has 0 saturated heterocycles. The largest absolute Gasteiger partial charge is 0.336 e. The van der Waals surface area contributed by atoms with Crippen molar-refractivity contribution in [3.8, 4) is 0 Å². The highest BCUT2D eigenvalue weighted by molar-refractivity contribution is 9.10. The molecule has 0 spiro atoms. The van der Waals surface area contributed by atoms with Gasteiger partial charge in [0.1, 0.15) is 0 Å². The van der Waals surface area contributed by atoms with Crippen molar-refractivity contribution in [2.24, 2.45) is 0 Å². The van der Waals surface area contributed by atoms with E-state index in [1.807, 2.05) is 32.0 Å². The molecule has 1 heterocycles. The maximum Gasteiger partial charge on any atom is 0.261 e. The molecule has 0 fully saturated rings. The number of nitrogens with zero attached hydrogens (tertiary/aromatic N) is 2. The molecule has 0 aromatic heterocycles. The lowest BCUT2D eigenvalue weighted by Crippen LogP contribution is -2.36. The summed E-state index contributed by atoms with van der Waals surface area (Å²) in [6.45, 7) is 3.90. The first-order chi connectivity index (χ1) is 14.7. The first-order valence-corrected chi connectivity index (χ1v) is 10.7. The molecule has 8 heteroatoms. The van der Waals surface area contributed by atoms with Gasteiger partial charge in [0.15, 0.2) is 0 Å². The van der Waals surface area contributed by atoms with Crippen LogP contribution in [0.1, 0.15) is 44.7 Å². The zero-order chi connectivity index (χ0) is 22.7. The average Bonchev–Trinajstić information content (AvgIpc) is 2.94. The van der Waals surface area contributed by atoms with E-state index in [0.29, 0.717) is 17.5 Å². The molecule has 4 amide bonds. The molecule has 0 radical (unpaired) electrons. The summed E-state index contributed by atoms with van der Waals surface area (Å²) in [5.41, 5.74) is 3.40. The van der Waals surface area contributed by atoms with Gasteiger partial charge in [-0.2, -0.15) is 0 Å². The van der Waals surface area contributed by atoms with Crippen molar-refractivity contribution in [3.63, 3.8) is 0 Å². The van der Waals surface area contributed by atoms with Crippen molar-refractivity contribution in [1.82, 2.24) is 9.80 Å². The number of hydrogen-bond acceptors (Lipinski definition) is 4. The fourth-order valence-electron chi connectivity index (χ4n) is 3.54. The minimum atomic E-state index is -0.352. The van der Waals surface area contributed by atoms with Gasteiger partial charge in [-0.3, -0.25) is 24.1 Å². The van der Waals surface area contributed by atoms with Crippen LogP contribution in [0.15, 0.2) is 40.9 Å². The van der Waals surface area contributed by atoms with Crippen LogP contribution in [-0.2, 0) is 9.59 Å². The highest BCUT2D eigenvalue weighted by Crippen LogP contribution is 2.26. The molecule has 2 aromatic rings. The van der Waals surface area contributed by atoms with E-state index in [-0.39, 0.29) is 43.1 Å². The van der Waals surface area contributed by atoms with E-state index >= 15 is 0 Å². The van der Waals surface area contributed by atoms with Gasteiger partial charge < -0.3 is 10.2 Å². The lowest BCUT2D eigenvalue weighted by Gasteiger charge is -2.19.